The van der Waals surface area contributed by atoms with Crippen LogP contribution < -0.4 is 15.4 Å². The number of fused-ring (bicyclic) bond motifs is 1. The third-order valence-electron chi connectivity index (χ3n) is 5.25. The zero-order chi connectivity index (χ0) is 25.4. The van der Waals surface area contributed by atoms with Crippen LogP contribution in [0.1, 0.15) is 25.7 Å². The molecule has 188 valence electrons. The molecule has 0 bridgehead atoms. The van der Waals surface area contributed by atoms with Crippen molar-refractivity contribution in [2.45, 2.75) is 43.3 Å². The summed E-state index contributed by atoms with van der Waals surface area (Å²) >= 11 is 12.0. The highest BCUT2D eigenvalue weighted by Crippen LogP contribution is 2.38. The molecule has 0 unspecified atom stereocenters. The van der Waals surface area contributed by atoms with E-state index in [0.717, 1.165) is 12.8 Å². The maximum Gasteiger partial charge on any atom is 0.516 e. The summed E-state index contributed by atoms with van der Waals surface area (Å²) in [5, 5.41) is 15.1. The number of aliphatic hydroxyl groups is 1. The molecule has 2 aromatic heterocycles. The number of hydrogen-bond donors (Lipinski definition) is 4. The maximum atomic E-state index is 12.7. The number of benzene rings is 1. The van der Waals surface area contributed by atoms with Gasteiger partial charge in [-0.3, -0.25) is 4.72 Å². The van der Waals surface area contributed by atoms with Gasteiger partial charge in [-0.2, -0.15) is 21.6 Å². The Morgan fingerprint density at radius 3 is 2.31 bits per heavy atom. The summed E-state index contributed by atoms with van der Waals surface area (Å²) in [6.45, 7) is 0. The minimum Gasteiger partial charge on any atom is -0.393 e. The molecule has 0 spiro atoms. The third kappa shape index (κ3) is 5.77. The zero-order valence-corrected chi connectivity index (χ0v) is 20.0. The van der Waals surface area contributed by atoms with E-state index in [1.807, 2.05) is 0 Å². The number of alkyl halides is 3. The lowest BCUT2D eigenvalue weighted by Crippen LogP contribution is -2.30. The predicted molar refractivity (Wildman–Crippen MR) is 125 cm³/mol. The lowest BCUT2D eigenvalue weighted by Gasteiger charge is -2.26. The molecular weight excluding hydrogens is 534 g/mol. The molecule has 2 heterocycles. The number of aliphatic hydroxyl groups excluding tert-OH is 1. The molecule has 3 aromatic rings. The van der Waals surface area contributed by atoms with Gasteiger partial charge in [-0.05, 0) is 37.8 Å². The highest BCUT2D eigenvalue weighted by atomic mass is 35.5. The molecule has 1 aromatic carbocycles. The van der Waals surface area contributed by atoms with Gasteiger partial charge in [0, 0.05) is 11.7 Å². The normalized spacial score (nSPS) is 18.9. The van der Waals surface area contributed by atoms with Crippen LogP contribution in [0, 0.1) is 0 Å². The van der Waals surface area contributed by atoms with Gasteiger partial charge in [-0.15, -0.1) is 0 Å². The van der Waals surface area contributed by atoms with Crippen LogP contribution in [0.3, 0.4) is 0 Å². The van der Waals surface area contributed by atoms with Crippen molar-refractivity contribution in [3.8, 4) is 0 Å². The second kappa shape index (κ2) is 9.76. The summed E-state index contributed by atoms with van der Waals surface area (Å²) < 4.78 is 62.3. The number of halogens is 5. The largest absolute Gasteiger partial charge is 0.516 e. The molecule has 16 heteroatoms. The average molecular weight is 552 g/mol. The van der Waals surface area contributed by atoms with Gasteiger partial charge in [0.05, 0.1) is 28.0 Å². The lowest BCUT2D eigenvalue weighted by atomic mass is 9.93. The molecule has 10 nitrogen and oxygen atoms in total. The number of rotatable bonds is 6. The first-order chi connectivity index (χ1) is 16.4. The van der Waals surface area contributed by atoms with Crippen LogP contribution in [0.2, 0.25) is 10.0 Å². The van der Waals surface area contributed by atoms with Crippen LogP contribution in [-0.4, -0.2) is 51.1 Å². The number of anilines is 4. The highest BCUT2D eigenvalue weighted by molar-refractivity contribution is 7.93. The van der Waals surface area contributed by atoms with Crippen LogP contribution in [0.25, 0.3) is 11.0 Å². The molecule has 1 aliphatic carbocycles. The minimum absolute atomic E-state index is 0.0996. The minimum atomic E-state index is -5.71. The van der Waals surface area contributed by atoms with E-state index in [0.29, 0.717) is 29.8 Å². The number of aromatic nitrogens is 4. The van der Waals surface area contributed by atoms with Crippen LogP contribution >= 0.6 is 23.2 Å². The van der Waals surface area contributed by atoms with E-state index in [1.165, 1.54) is 29.4 Å². The summed E-state index contributed by atoms with van der Waals surface area (Å²) in [7, 11) is -5.71. The smallest absolute Gasteiger partial charge is 0.393 e. The molecular formula is C19H18Cl2F3N7O3S. The first-order valence-corrected chi connectivity index (χ1v) is 12.4. The van der Waals surface area contributed by atoms with Crippen molar-refractivity contribution < 1.29 is 26.7 Å². The van der Waals surface area contributed by atoms with E-state index in [4.69, 9.17) is 23.2 Å². The summed E-state index contributed by atoms with van der Waals surface area (Å²) in [6.07, 6.45) is 5.35. The molecule has 1 aliphatic rings. The van der Waals surface area contributed by atoms with Crippen LogP contribution in [0.4, 0.5) is 36.3 Å². The first-order valence-electron chi connectivity index (χ1n) is 10.2. The van der Waals surface area contributed by atoms with Crippen molar-refractivity contribution in [3.05, 3.63) is 34.7 Å². The van der Waals surface area contributed by atoms with Gasteiger partial charge in [-0.25, -0.2) is 19.9 Å². The van der Waals surface area contributed by atoms with Crippen molar-refractivity contribution in [1.82, 2.24) is 19.9 Å². The van der Waals surface area contributed by atoms with Gasteiger partial charge < -0.3 is 15.7 Å². The van der Waals surface area contributed by atoms with Crippen LogP contribution in [-0.2, 0) is 10.0 Å². The zero-order valence-electron chi connectivity index (χ0n) is 17.6. The molecule has 4 rings (SSSR count). The summed E-state index contributed by atoms with van der Waals surface area (Å²) in [5.74, 6) is 0.569. The number of hydrogen-bond acceptors (Lipinski definition) is 9. The van der Waals surface area contributed by atoms with Gasteiger partial charge in [0.25, 0.3) is 0 Å². The molecule has 0 radical (unpaired) electrons. The number of sulfonamides is 1. The molecule has 0 atom stereocenters. The molecule has 4 N–H and O–H groups in total. The molecule has 0 saturated heterocycles. The summed E-state index contributed by atoms with van der Waals surface area (Å²) in [4.78, 5) is 17.0. The maximum absolute atomic E-state index is 12.7. The van der Waals surface area contributed by atoms with E-state index >= 15 is 0 Å². The first kappa shape index (κ1) is 25.4. The van der Waals surface area contributed by atoms with Crippen molar-refractivity contribution in [3.63, 3.8) is 0 Å². The van der Waals surface area contributed by atoms with Crippen molar-refractivity contribution in [2.24, 2.45) is 0 Å². The van der Waals surface area contributed by atoms with Gasteiger partial charge in [0.1, 0.15) is 17.4 Å². The number of nitrogens with zero attached hydrogens (tertiary/aromatic N) is 4. The Morgan fingerprint density at radius 1 is 1.03 bits per heavy atom. The SMILES string of the molecule is O=S(=O)(Nc1c(Cl)cc(Nc2ncnc3cnc(NC4CCC(O)CC4)nc23)cc1Cl)C(F)(F)F. The Bertz CT molecular complexity index is 1330. The molecule has 0 aliphatic heterocycles. The Hall–Kier alpha value is -2.68. The summed E-state index contributed by atoms with van der Waals surface area (Å²) in [6, 6.07) is 2.47. The molecule has 0 amide bonds. The quantitative estimate of drug-likeness (QED) is 0.349. The molecule has 1 saturated carbocycles. The second-order valence-electron chi connectivity index (χ2n) is 7.79. The second-order valence-corrected chi connectivity index (χ2v) is 10.3. The Labute approximate surface area is 207 Å². The fraction of sp³-hybridized carbons (Fsp3) is 0.368. The standard InChI is InChI=1S/C19H18Cl2F3N7O3S/c20-12-5-10(6-13(21)15(12)31-35(33,34)19(22,23)24)28-17-16-14(26-8-27-17)7-25-18(30-16)29-9-1-3-11(32)4-2-9/h5-9,11,31-32H,1-4H2,(H,25,29,30)(H,26,27,28). The van der Waals surface area contributed by atoms with Crippen molar-refractivity contribution in [1.29, 1.82) is 0 Å². The predicted octanol–water partition coefficient (Wildman–Crippen LogP) is 4.45. The fourth-order valence-corrected chi connectivity index (χ4v) is 4.79. The van der Waals surface area contributed by atoms with Crippen LogP contribution in [0.15, 0.2) is 24.7 Å². The van der Waals surface area contributed by atoms with E-state index < -0.39 is 21.2 Å². The molecule has 1 fully saturated rings. The van der Waals surface area contributed by atoms with Gasteiger partial charge in [0.15, 0.2) is 5.82 Å². The molecule has 35 heavy (non-hydrogen) atoms. The Morgan fingerprint density at radius 2 is 1.69 bits per heavy atom. The van der Waals surface area contributed by atoms with E-state index in [1.54, 1.807) is 0 Å². The van der Waals surface area contributed by atoms with Gasteiger partial charge in [-0.1, -0.05) is 23.2 Å². The van der Waals surface area contributed by atoms with Gasteiger partial charge >= 0.3 is 15.5 Å². The number of nitrogens with one attached hydrogen (secondary N) is 3. The average Bonchev–Trinajstić information content (AvgIpc) is 2.77. The Kier molecular flexibility index (Phi) is 7.09. The lowest BCUT2D eigenvalue weighted by molar-refractivity contribution is -0.0429. The van der Waals surface area contributed by atoms with Crippen molar-refractivity contribution >= 4 is 67.4 Å². The third-order valence-corrected chi connectivity index (χ3v) is 6.93. The van der Waals surface area contributed by atoms with Crippen molar-refractivity contribution in [2.75, 3.05) is 15.4 Å². The highest BCUT2D eigenvalue weighted by Gasteiger charge is 2.46. The summed E-state index contributed by atoms with van der Waals surface area (Å²) in [5.41, 5.74) is -5.19. The van der Waals surface area contributed by atoms with E-state index in [9.17, 15) is 26.7 Å². The van der Waals surface area contributed by atoms with Crippen LogP contribution in [0.5, 0.6) is 0 Å². The Balaban J connectivity index is 1.59. The monoisotopic (exact) mass is 551 g/mol. The fourth-order valence-electron chi connectivity index (χ4n) is 3.49. The van der Waals surface area contributed by atoms with Gasteiger partial charge in [0.2, 0.25) is 5.95 Å². The van der Waals surface area contributed by atoms with E-state index in [2.05, 4.69) is 30.6 Å². The topological polar surface area (TPSA) is 142 Å². The van der Waals surface area contributed by atoms with E-state index in [-0.39, 0.29) is 33.7 Å².